The summed E-state index contributed by atoms with van der Waals surface area (Å²) in [6.07, 6.45) is 8.64. The van der Waals surface area contributed by atoms with Crippen molar-refractivity contribution in [3.8, 4) is 0 Å². The van der Waals surface area contributed by atoms with E-state index in [1.165, 1.54) is 38.5 Å². The van der Waals surface area contributed by atoms with Gasteiger partial charge in [0.2, 0.25) is 0 Å². The fourth-order valence-electron chi connectivity index (χ4n) is 3.15. The van der Waals surface area contributed by atoms with Crippen LogP contribution in [0.15, 0.2) is 11.1 Å². The first-order chi connectivity index (χ1) is 5.79. The highest BCUT2D eigenvalue weighted by atomic mass is 14.3. The SMILES string of the molecule is CC1CCCC2=C1C(C)CCC2. The lowest BCUT2D eigenvalue weighted by molar-refractivity contribution is 0.408. The monoisotopic (exact) mass is 164 g/mol. The Hall–Kier alpha value is -0.260. The van der Waals surface area contributed by atoms with E-state index in [1.807, 2.05) is 11.1 Å². The highest BCUT2D eigenvalue weighted by Crippen LogP contribution is 2.41. The predicted octanol–water partition coefficient (Wildman–Crippen LogP) is 3.92. The molecule has 2 unspecified atom stereocenters. The summed E-state index contributed by atoms with van der Waals surface area (Å²) >= 11 is 0. The molecule has 0 fully saturated rings. The van der Waals surface area contributed by atoms with Crippen molar-refractivity contribution in [2.45, 2.75) is 52.4 Å². The van der Waals surface area contributed by atoms with Crippen LogP contribution in [0.4, 0.5) is 0 Å². The van der Waals surface area contributed by atoms with E-state index in [0.29, 0.717) is 0 Å². The van der Waals surface area contributed by atoms with Gasteiger partial charge in [0.1, 0.15) is 0 Å². The first-order valence-corrected chi connectivity index (χ1v) is 5.51. The topological polar surface area (TPSA) is 0 Å². The van der Waals surface area contributed by atoms with Gasteiger partial charge in [0, 0.05) is 0 Å². The third-order valence-electron chi connectivity index (χ3n) is 3.70. The van der Waals surface area contributed by atoms with Crippen LogP contribution in [0.3, 0.4) is 0 Å². The molecule has 2 aliphatic rings. The highest BCUT2D eigenvalue weighted by molar-refractivity contribution is 5.23. The maximum Gasteiger partial charge on any atom is -0.0226 e. The zero-order chi connectivity index (χ0) is 8.55. The molecule has 0 heteroatoms. The Balaban J connectivity index is 2.27. The number of hydrogen-bond acceptors (Lipinski definition) is 0. The molecule has 0 aromatic carbocycles. The second-order valence-electron chi connectivity index (χ2n) is 4.65. The van der Waals surface area contributed by atoms with Gasteiger partial charge in [0.25, 0.3) is 0 Å². The summed E-state index contributed by atoms with van der Waals surface area (Å²) in [7, 11) is 0. The van der Waals surface area contributed by atoms with E-state index >= 15 is 0 Å². The van der Waals surface area contributed by atoms with Crippen LogP contribution in [-0.4, -0.2) is 0 Å². The van der Waals surface area contributed by atoms with Gasteiger partial charge in [-0.05, 0) is 50.4 Å². The van der Waals surface area contributed by atoms with E-state index in [2.05, 4.69) is 13.8 Å². The van der Waals surface area contributed by atoms with E-state index in [1.54, 1.807) is 0 Å². The number of rotatable bonds is 0. The Labute approximate surface area is 76.1 Å². The maximum atomic E-state index is 2.43. The number of hydrogen-bond donors (Lipinski definition) is 0. The molecular weight excluding hydrogens is 144 g/mol. The van der Waals surface area contributed by atoms with Gasteiger partial charge < -0.3 is 0 Å². The Kier molecular flexibility index (Phi) is 2.25. The quantitative estimate of drug-likeness (QED) is 0.476. The molecule has 12 heavy (non-hydrogen) atoms. The van der Waals surface area contributed by atoms with Crippen LogP contribution in [0.5, 0.6) is 0 Å². The summed E-state index contributed by atoms with van der Waals surface area (Å²) < 4.78 is 0. The normalized spacial score (nSPS) is 36.5. The van der Waals surface area contributed by atoms with Gasteiger partial charge in [-0.25, -0.2) is 0 Å². The van der Waals surface area contributed by atoms with Crippen molar-refractivity contribution in [1.29, 1.82) is 0 Å². The lowest BCUT2D eigenvalue weighted by Crippen LogP contribution is -2.19. The van der Waals surface area contributed by atoms with Crippen molar-refractivity contribution in [2.75, 3.05) is 0 Å². The lowest BCUT2D eigenvalue weighted by Gasteiger charge is -2.34. The van der Waals surface area contributed by atoms with Gasteiger partial charge in [-0.1, -0.05) is 25.0 Å². The van der Waals surface area contributed by atoms with Crippen molar-refractivity contribution in [3.05, 3.63) is 11.1 Å². The van der Waals surface area contributed by atoms with Crippen LogP contribution < -0.4 is 0 Å². The first-order valence-electron chi connectivity index (χ1n) is 5.51. The highest BCUT2D eigenvalue weighted by Gasteiger charge is 2.26. The molecule has 68 valence electrons. The largest absolute Gasteiger partial charge is 0.0705 e. The van der Waals surface area contributed by atoms with Gasteiger partial charge >= 0.3 is 0 Å². The summed E-state index contributed by atoms with van der Waals surface area (Å²) in [4.78, 5) is 0. The molecule has 0 spiro atoms. The minimum Gasteiger partial charge on any atom is -0.0705 e. The summed E-state index contributed by atoms with van der Waals surface area (Å²) in [5.74, 6) is 1.81. The fraction of sp³-hybridized carbons (Fsp3) is 0.833. The van der Waals surface area contributed by atoms with E-state index < -0.39 is 0 Å². The molecular formula is C12H20. The molecule has 2 atom stereocenters. The number of allylic oxidation sites excluding steroid dienone is 2. The molecule has 0 aromatic rings. The van der Waals surface area contributed by atoms with Crippen molar-refractivity contribution in [1.82, 2.24) is 0 Å². The van der Waals surface area contributed by atoms with Crippen molar-refractivity contribution < 1.29 is 0 Å². The van der Waals surface area contributed by atoms with Crippen LogP contribution in [-0.2, 0) is 0 Å². The molecule has 0 saturated carbocycles. The summed E-state index contributed by atoms with van der Waals surface area (Å²) in [6, 6.07) is 0. The second kappa shape index (κ2) is 3.24. The Morgan fingerprint density at radius 2 is 1.42 bits per heavy atom. The average Bonchev–Trinajstić information content (AvgIpc) is 2.04. The molecule has 0 amide bonds. The Morgan fingerprint density at radius 1 is 0.917 bits per heavy atom. The van der Waals surface area contributed by atoms with E-state index in [-0.39, 0.29) is 0 Å². The van der Waals surface area contributed by atoms with Gasteiger partial charge in [-0.3, -0.25) is 0 Å². The first kappa shape index (κ1) is 8.34. The van der Waals surface area contributed by atoms with E-state index in [0.717, 1.165) is 11.8 Å². The van der Waals surface area contributed by atoms with Gasteiger partial charge in [-0.2, -0.15) is 0 Å². The van der Waals surface area contributed by atoms with Crippen LogP contribution in [0.25, 0.3) is 0 Å². The average molecular weight is 164 g/mol. The summed E-state index contributed by atoms with van der Waals surface area (Å²) in [6.45, 7) is 4.85. The van der Waals surface area contributed by atoms with E-state index in [4.69, 9.17) is 0 Å². The fourth-order valence-corrected chi connectivity index (χ4v) is 3.15. The second-order valence-corrected chi connectivity index (χ2v) is 4.65. The molecule has 2 aliphatic carbocycles. The predicted molar refractivity (Wildman–Crippen MR) is 53.1 cm³/mol. The van der Waals surface area contributed by atoms with Gasteiger partial charge in [0.05, 0.1) is 0 Å². The zero-order valence-electron chi connectivity index (χ0n) is 8.40. The minimum absolute atomic E-state index is 0.907. The van der Waals surface area contributed by atoms with Crippen LogP contribution in [0.2, 0.25) is 0 Å². The van der Waals surface area contributed by atoms with Gasteiger partial charge in [-0.15, -0.1) is 0 Å². The molecule has 0 bridgehead atoms. The smallest absolute Gasteiger partial charge is 0.0226 e. The van der Waals surface area contributed by atoms with E-state index in [9.17, 15) is 0 Å². The molecule has 0 nitrogen and oxygen atoms in total. The third-order valence-corrected chi connectivity index (χ3v) is 3.70. The Bertz CT molecular complexity index is 180. The summed E-state index contributed by atoms with van der Waals surface area (Å²) in [5, 5.41) is 0. The standard InChI is InChI=1S/C12H20/c1-9-5-3-7-11-8-4-6-10(2)12(9)11/h9-10H,3-8H2,1-2H3. The minimum atomic E-state index is 0.907. The van der Waals surface area contributed by atoms with Crippen molar-refractivity contribution in [2.24, 2.45) is 11.8 Å². The third kappa shape index (κ3) is 1.32. The maximum absolute atomic E-state index is 2.43. The zero-order valence-corrected chi connectivity index (χ0v) is 8.40. The summed E-state index contributed by atoms with van der Waals surface area (Å²) in [5.41, 5.74) is 3.69. The van der Waals surface area contributed by atoms with Crippen LogP contribution >= 0.6 is 0 Å². The van der Waals surface area contributed by atoms with Crippen molar-refractivity contribution >= 4 is 0 Å². The molecule has 2 rings (SSSR count). The molecule has 0 heterocycles. The van der Waals surface area contributed by atoms with Crippen LogP contribution in [0.1, 0.15) is 52.4 Å². The van der Waals surface area contributed by atoms with Crippen molar-refractivity contribution in [3.63, 3.8) is 0 Å². The molecule has 0 N–H and O–H groups in total. The molecule has 0 saturated heterocycles. The lowest BCUT2D eigenvalue weighted by atomic mass is 9.72. The molecule has 0 radical (unpaired) electrons. The Morgan fingerprint density at radius 3 is 1.83 bits per heavy atom. The molecule has 0 aliphatic heterocycles. The van der Waals surface area contributed by atoms with Gasteiger partial charge in [0.15, 0.2) is 0 Å². The van der Waals surface area contributed by atoms with Crippen LogP contribution in [0, 0.1) is 11.8 Å². The molecule has 0 aromatic heterocycles.